The summed E-state index contributed by atoms with van der Waals surface area (Å²) < 4.78 is 6.94. The van der Waals surface area contributed by atoms with Gasteiger partial charge >= 0.3 is 0 Å². The SMILES string of the molecule is Cc1nc(-c2ccc(Cl)c(Cl)c2)n(Cc2csc(-c3ccoc3)n2)n1. The van der Waals surface area contributed by atoms with Crippen molar-refractivity contribution in [2.45, 2.75) is 13.5 Å². The molecule has 0 saturated heterocycles. The molecular formula is C17H12Cl2N4OS. The molecule has 126 valence electrons. The number of aromatic nitrogens is 4. The summed E-state index contributed by atoms with van der Waals surface area (Å²) in [5.74, 6) is 1.42. The molecule has 3 aromatic heterocycles. The van der Waals surface area contributed by atoms with Crippen molar-refractivity contribution in [1.29, 1.82) is 0 Å². The van der Waals surface area contributed by atoms with E-state index in [9.17, 15) is 0 Å². The van der Waals surface area contributed by atoms with E-state index in [2.05, 4.69) is 15.1 Å². The van der Waals surface area contributed by atoms with Crippen LogP contribution in [0.25, 0.3) is 22.0 Å². The highest BCUT2D eigenvalue weighted by molar-refractivity contribution is 7.13. The van der Waals surface area contributed by atoms with Crippen LogP contribution in [0, 0.1) is 6.92 Å². The molecule has 0 bridgehead atoms. The summed E-state index contributed by atoms with van der Waals surface area (Å²) in [6, 6.07) is 7.32. The molecule has 4 rings (SSSR count). The Labute approximate surface area is 157 Å². The summed E-state index contributed by atoms with van der Waals surface area (Å²) in [4.78, 5) is 9.16. The van der Waals surface area contributed by atoms with Crippen molar-refractivity contribution in [3.05, 3.63) is 63.7 Å². The fourth-order valence-corrected chi connectivity index (χ4v) is 3.56. The molecule has 0 spiro atoms. The van der Waals surface area contributed by atoms with Crippen molar-refractivity contribution in [2.75, 3.05) is 0 Å². The van der Waals surface area contributed by atoms with E-state index in [1.807, 2.05) is 29.1 Å². The van der Waals surface area contributed by atoms with Gasteiger partial charge in [-0.05, 0) is 31.2 Å². The van der Waals surface area contributed by atoms with Crippen molar-refractivity contribution in [1.82, 2.24) is 19.7 Å². The first-order valence-electron chi connectivity index (χ1n) is 7.44. The van der Waals surface area contributed by atoms with Crippen molar-refractivity contribution < 1.29 is 4.42 Å². The topological polar surface area (TPSA) is 56.7 Å². The van der Waals surface area contributed by atoms with E-state index < -0.39 is 0 Å². The summed E-state index contributed by atoms with van der Waals surface area (Å²) in [6.45, 7) is 2.38. The van der Waals surface area contributed by atoms with Gasteiger partial charge in [0.05, 0.1) is 28.5 Å². The van der Waals surface area contributed by atoms with Gasteiger partial charge in [-0.3, -0.25) is 0 Å². The van der Waals surface area contributed by atoms with Gasteiger partial charge in [0, 0.05) is 16.5 Å². The smallest absolute Gasteiger partial charge is 0.158 e. The lowest BCUT2D eigenvalue weighted by atomic mass is 10.2. The summed E-state index contributed by atoms with van der Waals surface area (Å²) in [6.07, 6.45) is 3.32. The number of aryl methyl sites for hydroxylation is 1. The number of hydrogen-bond acceptors (Lipinski definition) is 5. The van der Waals surface area contributed by atoms with Gasteiger partial charge in [-0.25, -0.2) is 14.6 Å². The molecule has 0 unspecified atom stereocenters. The number of rotatable bonds is 4. The van der Waals surface area contributed by atoms with Crippen molar-refractivity contribution in [2.24, 2.45) is 0 Å². The van der Waals surface area contributed by atoms with Gasteiger partial charge < -0.3 is 4.42 Å². The summed E-state index contributed by atoms with van der Waals surface area (Å²) >= 11 is 13.7. The molecular weight excluding hydrogens is 379 g/mol. The highest BCUT2D eigenvalue weighted by atomic mass is 35.5. The first-order chi connectivity index (χ1) is 12.1. The zero-order chi connectivity index (χ0) is 17.4. The second kappa shape index (κ2) is 6.63. The Hall–Kier alpha value is -2.15. The highest BCUT2D eigenvalue weighted by Gasteiger charge is 2.14. The van der Waals surface area contributed by atoms with Crippen LogP contribution < -0.4 is 0 Å². The standard InChI is InChI=1S/C17H12Cl2N4OS/c1-10-20-16(11-2-3-14(18)15(19)6-11)23(22-10)7-13-9-25-17(21-13)12-4-5-24-8-12/h2-6,8-9H,7H2,1H3. The molecule has 0 aliphatic carbocycles. The van der Waals surface area contributed by atoms with Crippen LogP contribution in [0.5, 0.6) is 0 Å². The normalized spacial score (nSPS) is 11.2. The Morgan fingerprint density at radius 1 is 1.12 bits per heavy atom. The van der Waals surface area contributed by atoms with Gasteiger partial charge in [-0.15, -0.1) is 11.3 Å². The molecule has 0 N–H and O–H groups in total. The molecule has 25 heavy (non-hydrogen) atoms. The number of thiazole rings is 1. The second-order valence-corrected chi connectivity index (χ2v) is 7.10. The average Bonchev–Trinajstić information content (AvgIpc) is 3.31. The van der Waals surface area contributed by atoms with E-state index in [0.29, 0.717) is 22.4 Å². The molecule has 0 fully saturated rings. The maximum Gasteiger partial charge on any atom is 0.158 e. The lowest BCUT2D eigenvalue weighted by molar-refractivity contribution is 0.568. The first kappa shape index (κ1) is 16.3. The molecule has 8 heteroatoms. The van der Waals surface area contributed by atoms with E-state index in [4.69, 9.17) is 27.6 Å². The molecule has 3 heterocycles. The zero-order valence-electron chi connectivity index (χ0n) is 13.1. The van der Waals surface area contributed by atoms with Crippen LogP contribution in [0.4, 0.5) is 0 Å². The van der Waals surface area contributed by atoms with Crippen LogP contribution in [0.2, 0.25) is 10.0 Å². The molecule has 0 aliphatic rings. The minimum atomic E-state index is 0.488. The van der Waals surface area contributed by atoms with Crippen molar-refractivity contribution >= 4 is 34.5 Å². The number of hydrogen-bond donors (Lipinski definition) is 0. The number of benzene rings is 1. The van der Waals surface area contributed by atoms with Crippen molar-refractivity contribution in [3.63, 3.8) is 0 Å². The van der Waals surface area contributed by atoms with Crippen LogP contribution in [-0.4, -0.2) is 19.7 Å². The minimum Gasteiger partial charge on any atom is -0.472 e. The van der Waals surface area contributed by atoms with Gasteiger partial charge in [0.25, 0.3) is 0 Å². The van der Waals surface area contributed by atoms with E-state index in [1.54, 1.807) is 36.0 Å². The van der Waals surface area contributed by atoms with Gasteiger partial charge in [0.15, 0.2) is 5.82 Å². The molecule has 0 aliphatic heterocycles. The number of furan rings is 1. The summed E-state index contributed by atoms with van der Waals surface area (Å²) in [5, 5.41) is 8.41. The van der Waals surface area contributed by atoms with E-state index in [0.717, 1.165) is 27.7 Å². The van der Waals surface area contributed by atoms with Crippen LogP contribution in [0.3, 0.4) is 0 Å². The molecule has 0 radical (unpaired) electrons. The van der Waals surface area contributed by atoms with Crippen molar-refractivity contribution in [3.8, 4) is 22.0 Å². The van der Waals surface area contributed by atoms with Crippen LogP contribution >= 0.6 is 34.5 Å². The van der Waals surface area contributed by atoms with Gasteiger partial charge in [-0.1, -0.05) is 23.2 Å². The Morgan fingerprint density at radius 3 is 2.76 bits per heavy atom. The molecule has 1 aromatic carbocycles. The molecule has 0 saturated carbocycles. The Bertz CT molecular complexity index is 1020. The van der Waals surface area contributed by atoms with E-state index in [1.165, 1.54) is 0 Å². The minimum absolute atomic E-state index is 0.488. The number of nitrogens with zero attached hydrogens (tertiary/aromatic N) is 4. The number of halogens is 2. The first-order valence-corrected chi connectivity index (χ1v) is 9.07. The second-order valence-electron chi connectivity index (χ2n) is 5.43. The fraction of sp³-hybridized carbons (Fsp3) is 0.118. The average molecular weight is 391 g/mol. The fourth-order valence-electron chi connectivity index (χ4n) is 2.47. The monoisotopic (exact) mass is 390 g/mol. The molecule has 0 amide bonds. The third-order valence-corrected chi connectivity index (χ3v) is 5.27. The summed E-state index contributed by atoms with van der Waals surface area (Å²) in [5.41, 5.74) is 2.74. The summed E-state index contributed by atoms with van der Waals surface area (Å²) in [7, 11) is 0. The van der Waals surface area contributed by atoms with Gasteiger partial charge in [-0.2, -0.15) is 5.10 Å². The third kappa shape index (κ3) is 3.33. The van der Waals surface area contributed by atoms with Crippen LogP contribution in [0.1, 0.15) is 11.5 Å². The maximum absolute atomic E-state index is 6.13. The molecule has 0 atom stereocenters. The quantitative estimate of drug-likeness (QED) is 0.472. The van der Waals surface area contributed by atoms with Gasteiger partial charge in [0.2, 0.25) is 0 Å². The molecule has 5 nitrogen and oxygen atoms in total. The predicted molar refractivity (Wildman–Crippen MR) is 99.1 cm³/mol. The Kier molecular flexibility index (Phi) is 4.33. The van der Waals surface area contributed by atoms with Crippen LogP contribution in [-0.2, 0) is 6.54 Å². The van der Waals surface area contributed by atoms with Gasteiger partial charge in [0.1, 0.15) is 17.1 Å². The maximum atomic E-state index is 6.13. The third-order valence-electron chi connectivity index (χ3n) is 3.59. The lowest BCUT2D eigenvalue weighted by Gasteiger charge is -2.05. The molecule has 4 aromatic rings. The van der Waals surface area contributed by atoms with Crippen LogP contribution in [0.15, 0.2) is 46.6 Å². The lowest BCUT2D eigenvalue weighted by Crippen LogP contribution is -2.04. The van der Waals surface area contributed by atoms with E-state index in [-0.39, 0.29) is 0 Å². The highest BCUT2D eigenvalue weighted by Crippen LogP contribution is 2.29. The Balaban J connectivity index is 1.66. The largest absolute Gasteiger partial charge is 0.472 e. The predicted octanol–water partition coefficient (Wildman–Crippen LogP) is 5.33. The Morgan fingerprint density at radius 2 is 2.00 bits per heavy atom. The van der Waals surface area contributed by atoms with E-state index >= 15 is 0 Å². The zero-order valence-corrected chi connectivity index (χ0v) is 15.4.